The van der Waals surface area contributed by atoms with Gasteiger partial charge in [-0.2, -0.15) is 0 Å². The number of hydrogen-bond acceptors (Lipinski definition) is 4. The number of likely N-dealkylation sites (N-methyl/N-ethyl adjacent to an activating group) is 1. The number of ketones is 1. The minimum atomic E-state index is -0.654. The van der Waals surface area contributed by atoms with Crippen LogP contribution >= 0.6 is 0 Å². The fourth-order valence-electron chi connectivity index (χ4n) is 2.25. The molecule has 7 nitrogen and oxygen atoms in total. The Morgan fingerprint density at radius 1 is 1.23 bits per heavy atom. The van der Waals surface area contributed by atoms with Crippen molar-refractivity contribution in [3.05, 3.63) is 62.3 Å². The number of aromatic nitrogens is 2. The molecule has 116 valence electrons. The van der Waals surface area contributed by atoms with Gasteiger partial charge >= 0.3 is 5.69 Å². The number of carbonyl (C=O) groups excluding carboxylic acids is 1. The molecule has 0 fully saturated rings. The second-order valence-electron chi connectivity index (χ2n) is 5.01. The average molecular weight is 303 g/mol. The number of carbonyl (C=O) groups is 1. The molecule has 0 atom stereocenters. The SMILES string of the molecule is C[NH2+]CC(=O)c1c(N)n(Cc2ccccc2)c(=O)n(C)c1=O. The number of rotatable bonds is 5. The molecule has 2 aromatic rings. The molecule has 0 spiro atoms. The van der Waals surface area contributed by atoms with Crippen LogP contribution in [0.15, 0.2) is 39.9 Å². The first-order valence-electron chi connectivity index (χ1n) is 6.91. The van der Waals surface area contributed by atoms with E-state index in [9.17, 15) is 14.4 Å². The normalized spacial score (nSPS) is 10.6. The lowest BCUT2D eigenvalue weighted by molar-refractivity contribution is -0.614. The second-order valence-corrected chi connectivity index (χ2v) is 5.01. The minimum Gasteiger partial charge on any atom is -0.384 e. The number of quaternary nitrogens is 1. The highest BCUT2D eigenvalue weighted by Crippen LogP contribution is 2.08. The molecule has 1 aromatic carbocycles. The van der Waals surface area contributed by atoms with E-state index in [1.54, 1.807) is 12.4 Å². The predicted octanol–water partition coefficient (Wildman–Crippen LogP) is -1.45. The van der Waals surface area contributed by atoms with Gasteiger partial charge in [0.05, 0.1) is 13.6 Å². The number of nitrogens with zero attached hydrogens (tertiary/aromatic N) is 2. The molecular formula is C15H19N4O3+. The number of Topliss-reactive ketones (excluding diaryl/α,β-unsaturated/α-hetero) is 1. The first kappa shape index (κ1) is 15.7. The Labute approximate surface area is 127 Å². The maximum atomic E-state index is 12.3. The van der Waals surface area contributed by atoms with E-state index in [1.165, 1.54) is 11.6 Å². The van der Waals surface area contributed by atoms with Gasteiger partial charge in [-0.1, -0.05) is 30.3 Å². The van der Waals surface area contributed by atoms with Crippen molar-refractivity contribution in [3.63, 3.8) is 0 Å². The lowest BCUT2D eigenvalue weighted by Crippen LogP contribution is -2.81. The molecule has 0 aliphatic rings. The third kappa shape index (κ3) is 2.84. The van der Waals surface area contributed by atoms with Gasteiger partial charge in [-0.3, -0.25) is 18.7 Å². The summed E-state index contributed by atoms with van der Waals surface area (Å²) < 4.78 is 2.17. The van der Waals surface area contributed by atoms with Gasteiger partial charge in [0.15, 0.2) is 0 Å². The molecule has 0 aliphatic heterocycles. The van der Waals surface area contributed by atoms with Crippen LogP contribution in [0.1, 0.15) is 15.9 Å². The third-order valence-electron chi connectivity index (χ3n) is 3.44. The summed E-state index contributed by atoms with van der Waals surface area (Å²) in [5.41, 5.74) is 5.48. The Bertz CT molecular complexity index is 806. The van der Waals surface area contributed by atoms with Crippen molar-refractivity contribution in [3.8, 4) is 0 Å². The maximum absolute atomic E-state index is 12.3. The summed E-state index contributed by atoms with van der Waals surface area (Å²) in [7, 11) is 3.07. The fourth-order valence-corrected chi connectivity index (χ4v) is 2.25. The van der Waals surface area contributed by atoms with Gasteiger partial charge in [0, 0.05) is 7.05 Å². The number of benzene rings is 1. The highest BCUT2D eigenvalue weighted by Gasteiger charge is 2.22. The van der Waals surface area contributed by atoms with Gasteiger partial charge in [-0.05, 0) is 5.56 Å². The number of nitrogens with two attached hydrogens (primary N) is 2. The van der Waals surface area contributed by atoms with Gasteiger partial charge in [-0.15, -0.1) is 0 Å². The molecule has 0 radical (unpaired) electrons. The summed E-state index contributed by atoms with van der Waals surface area (Å²) in [4.78, 5) is 36.6. The smallest absolute Gasteiger partial charge is 0.332 e. The molecule has 0 aliphatic carbocycles. The largest absolute Gasteiger partial charge is 0.384 e. The van der Waals surface area contributed by atoms with E-state index in [0.717, 1.165) is 10.1 Å². The molecule has 0 amide bonds. The van der Waals surface area contributed by atoms with Crippen LogP contribution in [0.4, 0.5) is 5.82 Å². The molecule has 1 heterocycles. The van der Waals surface area contributed by atoms with Gasteiger partial charge in [0.1, 0.15) is 17.9 Å². The van der Waals surface area contributed by atoms with E-state index in [1.807, 2.05) is 30.3 Å². The standard InChI is InChI=1S/C15H18N4O3/c1-17-8-11(20)12-13(16)19(15(22)18(2)14(12)21)9-10-6-4-3-5-7-10/h3-7,17H,8-9,16H2,1-2H3/p+1. The number of hydrogen-bond donors (Lipinski definition) is 2. The molecule has 1 aromatic heterocycles. The molecule has 0 bridgehead atoms. The van der Waals surface area contributed by atoms with E-state index in [0.29, 0.717) is 0 Å². The van der Waals surface area contributed by atoms with Gasteiger partial charge in [0.25, 0.3) is 5.56 Å². The van der Waals surface area contributed by atoms with Crippen molar-refractivity contribution in [2.75, 3.05) is 19.3 Å². The van der Waals surface area contributed by atoms with E-state index >= 15 is 0 Å². The third-order valence-corrected chi connectivity index (χ3v) is 3.44. The van der Waals surface area contributed by atoms with E-state index in [-0.39, 0.29) is 30.3 Å². The van der Waals surface area contributed by atoms with Crippen LogP contribution in [-0.4, -0.2) is 28.5 Å². The highest BCUT2D eigenvalue weighted by atomic mass is 16.2. The van der Waals surface area contributed by atoms with E-state index in [2.05, 4.69) is 0 Å². The molecule has 7 heteroatoms. The summed E-state index contributed by atoms with van der Waals surface area (Å²) in [5.74, 6) is -0.466. The number of nitrogen functional groups attached to an aromatic ring is 1. The Morgan fingerprint density at radius 2 is 1.86 bits per heavy atom. The predicted molar refractivity (Wildman–Crippen MR) is 82.9 cm³/mol. The van der Waals surface area contributed by atoms with Crippen molar-refractivity contribution in [1.82, 2.24) is 9.13 Å². The van der Waals surface area contributed by atoms with Crippen LogP contribution in [0.2, 0.25) is 0 Å². The van der Waals surface area contributed by atoms with Crippen molar-refractivity contribution in [1.29, 1.82) is 0 Å². The van der Waals surface area contributed by atoms with Crippen LogP contribution in [0.25, 0.3) is 0 Å². The van der Waals surface area contributed by atoms with Crippen LogP contribution in [-0.2, 0) is 13.6 Å². The molecule has 22 heavy (non-hydrogen) atoms. The van der Waals surface area contributed by atoms with Crippen molar-refractivity contribution in [2.45, 2.75) is 6.54 Å². The van der Waals surface area contributed by atoms with Crippen molar-refractivity contribution in [2.24, 2.45) is 7.05 Å². The molecule has 0 saturated heterocycles. The first-order chi connectivity index (χ1) is 10.5. The summed E-state index contributed by atoms with van der Waals surface area (Å²) in [6.07, 6.45) is 0. The van der Waals surface area contributed by atoms with Crippen molar-refractivity contribution < 1.29 is 10.1 Å². The Morgan fingerprint density at radius 3 is 2.45 bits per heavy atom. The van der Waals surface area contributed by atoms with Crippen LogP contribution in [0.3, 0.4) is 0 Å². The molecule has 0 saturated carbocycles. The molecule has 0 unspecified atom stereocenters. The second kappa shape index (κ2) is 6.40. The Hall–Kier alpha value is -2.67. The zero-order valence-electron chi connectivity index (χ0n) is 12.6. The van der Waals surface area contributed by atoms with Crippen LogP contribution in [0, 0.1) is 0 Å². The van der Waals surface area contributed by atoms with E-state index < -0.39 is 11.2 Å². The average Bonchev–Trinajstić information content (AvgIpc) is 2.51. The summed E-state index contributed by atoms with van der Waals surface area (Å²) in [6.45, 7) is 0.304. The summed E-state index contributed by atoms with van der Waals surface area (Å²) in [5, 5.41) is 1.65. The summed E-state index contributed by atoms with van der Waals surface area (Å²) in [6, 6.07) is 9.24. The summed E-state index contributed by atoms with van der Waals surface area (Å²) >= 11 is 0. The molecule has 4 N–H and O–H groups in total. The first-order valence-corrected chi connectivity index (χ1v) is 6.91. The monoisotopic (exact) mass is 303 g/mol. The zero-order chi connectivity index (χ0) is 16.3. The Balaban J connectivity index is 2.62. The quantitative estimate of drug-likeness (QED) is 0.660. The molecule has 2 rings (SSSR count). The zero-order valence-corrected chi connectivity index (χ0v) is 12.6. The lowest BCUT2D eigenvalue weighted by atomic mass is 10.1. The maximum Gasteiger partial charge on any atom is 0.332 e. The molecular weight excluding hydrogens is 284 g/mol. The van der Waals surface area contributed by atoms with Crippen LogP contribution < -0.4 is 22.3 Å². The van der Waals surface area contributed by atoms with E-state index in [4.69, 9.17) is 5.73 Å². The Kier molecular flexibility index (Phi) is 4.57. The topological polar surface area (TPSA) is 104 Å². The van der Waals surface area contributed by atoms with Gasteiger partial charge in [0.2, 0.25) is 5.78 Å². The lowest BCUT2D eigenvalue weighted by Gasteiger charge is -2.14. The highest BCUT2D eigenvalue weighted by molar-refractivity contribution is 6.00. The van der Waals surface area contributed by atoms with Gasteiger partial charge < -0.3 is 11.1 Å². The minimum absolute atomic E-state index is 0.0798. The van der Waals surface area contributed by atoms with Gasteiger partial charge in [-0.25, -0.2) is 4.79 Å². The van der Waals surface area contributed by atoms with Crippen LogP contribution in [0.5, 0.6) is 0 Å². The van der Waals surface area contributed by atoms with Crippen molar-refractivity contribution >= 4 is 11.6 Å². The fraction of sp³-hybridized carbons (Fsp3) is 0.267. The number of anilines is 1.